The Kier molecular flexibility index (Phi) is 7.45. The molecule has 0 fully saturated rings. The number of rotatable bonds is 8. The molecule has 1 rings (SSSR count). The number of nitrogens with one attached hydrogen (secondary N) is 1. The Labute approximate surface area is 117 Å². The lowest BCUT2D eigenvalue weighted by molar-refractivity contribution is 0.423. The van der Waals surface area contributed by atoms with Crippen molar-refractivity contribution in [3.8, 4) is 0 Å². The van der Waals surface area contributed by atoms with Gasteiger partial charge in [-0.3, -0.25) is 0 Å². The first-order valence-electron chi connectivity index (χ1n) is 7.09. The van der Waals surface area contributed by atoms with Gasteiger partial charge in [0.15, 0.2) is 0 Å². The SMILES string of the molecule is CCNC(CSc1ccccc1C)CC(C)CC. The van der Waals surface area contributed by atoms with Crippen LogP contribution in [0.3, 0.4) is 0 Å². The van der Waals surface area contributed by atoms with Crippen molar-refractivity contribution in [1.29, 1.82) is 0 Å². The van der Waals surface area contributed by atoms with Gasteiger partial charge in [0, 0.05) is 16.7 Å². The lowest BCUT2D eigenvalue weighted by Gasteiger charge is -2.21. The molecule has 1 aromatic rings. The topological polar surface area (TPSA) is 12.0 Å². The van der Waals surface area contributed by atoms with Gasteiger partial charge in [0.25, 0.3) is 0 Å². The van der Waals surface area contributed by atoms with E-state index in [1.54, 1.807) is 0 Å². The fourth-order valence-corrected chi connectivity index (χ4v) is 3.17. The average molecular weight is 265 g/mol. The molecule has 18 heavy (non-hydrogen) atoms. The van der Waals surface area contributed by atoms with Gasteiger partial charge in [0.05, 0.1) is 0 Å². The summed E-state index contributed by atoms with van der Waals surface area (Å²) in [5.74, 6) is 1.98. The van der Waals surface area contributed by atoms with Gasteiger partial charge in [-0.15, -0.1) is 11.8 Å². The molecule has 0 bridgehead atoms. The maximum atomic E-state index is 3.62. The zero-order chi connectivity index (χ0) is 13.4. The molecular formula is C16H27NS. The Balaban J connectivity index is 2.49. The van der Waals surface area contributed by atoms with Gasteiger partial charge in [-0.25, -0.2) is 0 Å². The third-order valence-corrected chi connectivity index (χ3v) is 4.75. The van der Waals surface area contributed by atoms with Crippen LogP contribution in [0.15, 0.2) is 29.2 Å². The van der Waals surface area contributed by atoms with Crippen LogP contribution in [0, 0.1) is 12.8 Å². The molecule has 0 saturated carbocycles. The normalized spacial score (nSPS) is 14.4. The van der Waals surface area contributed by atoms with E-state index >= 15 is 0 Å². The van der Waals surface area contributed by atoms with E-state index in [-0.39, 0.29) is 0 Å². The van der Waals surface area contributed by atoms with E-state index in [1.165, 1.54) is 29.1 Å². The molecule has 0 radical (unpaired) electrons. The summed E-state index contributed by atoms with van der Waals surface area (Å²) in [6.45, 7) is 10.1. The summed E-state index contributed by atoms with van der Waals surface area (Å²) in [7, 11) is 0. The van der Waals surface area contributed by atoms with Crippen LogP contribution in [0.5, 0.6) is 0 Å². The van der Waals surface area contributed by atoms with Gasteiger partial charge in [-0.2, -0.15) is 0 Å². The van der Waals surface area contributed by atoms with E-state index < -0.39 is 0 Å². The molecule has 0 aliphatic heterocycles. The maximum Gasteiger partial charge on any atom is 0.0164 e. The second kappa shape index (κ2) is 8.60. The number of hydrogen-bond donors (Lipinski definition) is 1. The molecule has 1 nitrogen and oxygen atoms in total. The predicted molar refractivity (Wildman–Crippen MR) is 83.4 cm³/mol. The van der Waals surface area contributed by atoms with E-state index in [2.05, 4.69) is 57.3 Å². The van der Waals surface area contributed by atoms with Gasteiger partial charge in [0.1, 0.15) is 0 Å². The Hall–Kier alpha value is -0.470. The van der Waals surface area contributed by atoms with Crippen molar-refractivity contribution in [3.05, 3.63) is 29.8 Å². The van der Waals surface area contributed by atoms with Crippen molar-refractivity contribution >= 4 is 11.8 Å². The molecule has 0 saturated heterocycles. The Bertz CT molecular complexity index is 338. The molecule has 2 unspecified atom stereocenters. The van der Waals surface area contributed by atoms with Gasteiger partial charge in [-0.1, -0.05) is 45.4 Å². The summed E-state index contributed by atoms with van der Waals surface area (Å²) < 4.78 is 0. The average Bonchev–Trinajstić information content (AvgIpc) is 2.37. The van der Waals surface area contributed by atoms with Gasteiger partial charge in [0.2, 0.25) is 0 Å². The highest BCUT2D eigenvalue weighted by molar-refractivity contribution is 7.99. The Morgan fingerprint density at radius 3 is 2.56 bits per heavy atom. The van der Waals surface area contributed by atoms with Gasteiger partial charge >= 0.3 is 0 Å². The summed E-state index contributed by atoms with van der Waals surface area (Å²) in [5, 5.41) is 3.62. The van der Waals surface area contributed by atoms with Crippen LogP contribution in [-0.4, -0.2) is 18.3 Å². The molecule has 0 amide bonds. The van der Waals surface area contributed by atoms with Crippen LogP contribution in [0.2, 0.25) is 0 Å². The van der Waals surface area contributed by atoms with Gasteiger partial charge in [-0.05, 0) is 37.4 Å². The zero-order valence-corrected chi connectivity index (χ0v) is 13.0. The highest BCUT2D eigenvalue weighted by Gasteiger charge is 2.12. The number of benzene rings is 1. The maximum absolute atomic E-state index is 3.62. The van der Waals surface area contributed by atoms with Crippen molar-refractivity contribution in [2.45, 2.75) is 51.5 Å². The van der Waals surface area contributed by atoms with Crippen LogP contribution in [0.25, 0.3) is 0 Å². The minimum absolute atomic E-state index is 0.634. The van der Waals surface area contributed by atoms with E-state index in [9.17, 15) is 0 Å². The van der Waals surface area contributed by atoms with Crippen LogP contribution in [0.4, 0.5) is 0 Å². The van der Waals surface area contributed by atoms with E-state index in [1.807, 2.05) is 11.8 Å². The fourth-order valence-electron chi connectivity index (χ4n) is 2.06. The lowest BCUT2D eigenvalue weighted by Crippen LogP contribution is -2.32. The molecule has 0 spiro atoms. The van der Waals surface area contributed by atoms with Crippen LogP contribution in [0.1, 0.15) is 39.2 Å². The van der Waals surface area contributed by atoms with Crippen molar-refractivity contribution in [2.24, 2.45) is 5.92 Å². The van der Waals surface area contributed by atoms with E-state index in [0.717, 1.165) is 12.5 Å². The van der Waals surface area contributed by atoms with E-state index in [0.29, 0.717) is 6.04 Å². The largest absolute Gasteiger partial charge is 0.313 e. The first-order valence-corrected chi connectivity index (χ1v) is 8.07. The summed E-state index contributed by atoms with van der Waals surface area (Å²) in [5.41, 5.74) is 1.39. The molecule has 1 aromatic carbocycles. The zero-order valence-electron chi connectivity index (χ0n) is 12.2. The number of aryl methyl sites for hydroxylation is 1. The smallest absolute Gasteiger partial charge is 0.0164 e. The van der Waals surface area contributed by atoms with Crippen LogP contribution < -0.4 is 5.32 Å². The minimum atomic E-state index is 0.634. The highest BCUT2D eigenvalue weighted by atomic mass is 32.2. The summed E-state index contributed by atoms with van der Waals surface area (Å²) in [6, 6.07) is 9.30. The predicted octanol–water partition coefficient (Wildman–Crippen LogP) is 4.50. The third kappa shape index (κ3) is 5.45. The van der Waals surface area contributed by atoms with Crippen molar-refractivity contribution < 1.29 is 0 Å². The second-order valence-corrected chi connectivity index (χ2v) is 6.14. The molecule has 0 aliphatic carbocycles. The molecule has 2 atom stereocenters. The van der Waals surface area contributed by atoms with Crippen molar-refractivity contribution in [2.75, 3.05) is 12.3 Å². The van der Waals surface area contributed by atoms with E-state index in [4.69, 9.17) is 0 Å². The van der Waals surface area contributed by atoms with Crippen molar-refractivity contribution in [1.82, 2.24) is 5.32 Å². The van der Waals surface area contributed by atoms with Crippen LogP contribution in [-0.2, 0) is 0 Å². The van der Waals surface area contributed by atoms with Crippen molar-refractivity contribution in [3.63, 3.8) is 0 Å². The Morgan fingerprint density at radius 2 is 1.94 bits per heavy atom. The van der Waals surface area contributed by atoms with Gasteiger partial charge < -0.3 is 5.32 Å². The molecular weight excluding hydrogens is 238 g/mol. The second-order valence-electron chi connectivity index (χ2n) is 5.08. The quantitative estimate of drug-likeness (QED) is 0.694. The lowest BCUT2D eigenvalue weighted by atomic mass is 10.0. The third-order valence-electron chi connectivity index (χ3n) is 3.41. The summed E-state index contributed by atoms with van der Waals surface area (Å²) in [6.07, 6.45) is 2.56. The number of thioether (sulfide) groups is 1. The molecule has 0 heterocycles. The summed E-state index contributed by atoms with van der Waals surface area (Å²) in [4.78, 5) is 1.42. The Morgan fingerprint density at radius 1 is 1.22 bits per heavy atom. The monoisotopic (exact) mass is 265 g/mol. The highest BCUT2D eigenvalue weighted by Crippen LogP contribution is 2.24. The number of hydrogen-bond acceptors (Lipinski definition) is 2. The molecule has 0 aromatic heterocycles. The molecule has 0 aliphatic rings. The first kappa shape index (κ1) is 15.6. The van der Waals surface area contributed by atoms with Crippen LogP contribution >= 0.6 is 11.8 Å². The summed E-state index contributed by atoms with van der Waals surface area (Å²) >= 11 is 1.99. The fraction of sp³-hybridized carbons (Fsp3) is 0.625. The minimum Gasteiger partial charge on any atom is -0.313 e. The first-order chi connectivity index (χ1) is 8.67. The standard InChI is InChI=1S/C16H27NS/c1-5-13(3)11-15(17-6-2)12-18-16-10-8-7-9-14(16)4/h7-10,13,15,17H,5-6,11-12H2,1-4H3. The molecule has 2 heteroatoms. The molecule has 102 valence electrons. The molecule has 1 N–H and O–H groups in total.